The predicted molar refractivity (Wildman–Crippen MR) is 109 cm³/mol. The number of amides is 1. The highest BCUT2D eigenvalue weighted by atomic mass is 32.1. The van der Waals surface area contributed by atoms with E-state index in [4.69, 9.17) is 0 Å². The van der Waals surface area contributed by atoms with Gasteiger partial charge in [0.05, 0.1) is 5.00 Å². The molecule has 0 bridgehead atoms. The number of aliphatic imine (C=N–C) groups is 1. The zero-order valence-corrected chi connectivity index (χ0v) is 16.5. The molecule has 1 aliphatic carbocycles. The lowest BCUT2D eigenvalue weighted by atomic mass is 9.85. The van der Waals surface area contributed by atoms with E-state index < -0.39 is 0 Å². The lowest BCUT2D eigenvalue weighted by Crippen LogP contribution is -2.49. The molecule has 1 saturated heterocycles. The summed E-state index contributed by atoms with van der Waals surface area (Å²) in [7, 11) is 1.81. The second-order valence-electron chi connectivity index (χ2n) is 7.13. The van der Waals surface area contributed by atoms with Crippen LogP contribution in [0.5, 0.6) is 0 Å². The topological polar surface area (TPSA) is 68.8 Å². The first-order valence-electron chi connectivity index (χ1n) is 9.79. The van der Waals surface area contributed by atoms with Gasteiger partial charge in [-0.05, 0) is 49.6 Å². The van der Waals surface area contributed by atoms with Crippen molar-refractivity contribution in [1.82, 2.24) is 16.0 Å². The molecule has 1 saturated carbocycles. The van der Waals surface area contributed by atoms with Crippen molar-refractivity contribution in [3.8, 4) is 0 Å². The number of guanidine groups is 1. The fourth-order valence-electron chi connectivity index (χ4n) is 3.40. The lowest BCUT2D eigenvalue weighted by Gasteiger charge is -2.33. The van der Waals surface area contributed by atoms with Crippen molar-refractivity contribution in [2.75, 3.05) is 38.1 Å². The zero-order valence-electron chi connectivity index (χ0n) is 15.7. The Hall–Kier alpha value is -1.76. The van der Waals surface area contributed by atoms with Gasteiger partial charge in [0.25, 0.3) is 0 Å². The number of piperidine rings is 1. The van der Waals surface area contributed by atoms with Crippen molar-refractivity contribution >= 4 is 28.2 Å². The first-order valence-corrected chi connectivity index (χ1v) is 10.7. The van der Waals surface area contributed by atoms with Crippen LogP contribution in [-0.4, -0.2) is 51.1 Å². The van der Waals surface area contributed by atoms with Crippen LogP contribution in [0.1, 0.15) is 38.5 Å². The number of anilines is 1. The molecule has 0 radical (unpaired) electrons. The van der Waals surface area contributed by atoms with E-state index in [1.54, 1.807) is 0 Å². The van der Waals surface area contributed by atoms with Gasteiger partial charge in [0.15, 0.2) is 5.96 Å². The van der Waals surface area contributed by atoms with Crippen molar-refractivity contribution in [1.29, 1.82) is 0 Å². The Labute approximate surface area is 160 Å². The normalized spacial score (nSPS) is 19.1. The van der Waals surface area contributed by atoms with Crippen LogP contribution in [0.3, 0.4) is 0 Å². The number of carbonyl (C=O) groups excluding carboxylic acids is 1. The molecule has 7 heteroatoms. The molecule has 2 heterocycles. The third-order valence-corrected chi connectivity index (χ3v) is 6.23. The van der Waals surface area contributed by atoms with Gasteiger partial charge in [-0.3, -0.25) is 9.79 Å². The van der Waals surface area contributed by atoms with Crippen molar-refractivity contribution in [3.63, 3.8) is 0 Å². The fourth-order valence-corrected chi connectivity index (χ4v) is 4.19. The average Bonchev–Trinajstić information content (AvgIpc) is 3.14. The van der Waals surface area contributed by atoms with Gasteiger partial charge in [0, 0.05) is 45.2 Å². The molecular formula is C19H31N5OS. The summed E-state index contributed by atoms with van der Waals surface area (Å²) in [5.41, 5.74) is 0. The molecule has 3 N–H and O–H groups in total. The van der Waals surface area contributed by atoms with Gasteiger partial charge >= 0.3 is 0 Å². The molecule has 6 nitrogen and oxygen atoms in total. The van der Waals surface area contributed by atoms with Crippen LogP contribution in [0.15, 0.2) is 22.5 Å². The largest absolute Gasteiger partial charge is 0.363 e. The number of rotatable bonds is 7. The van der Waals surface area contributed by atoms with E-state index >= 15 is 0 Å². The average molecular weight is 378 g/mol. The number of hydrogen-bond donors (Lipinski definition) is 3. The molecular weight excluding hydrogens is 346 g/mol. The van der Waals surface area contributed by atoms with E-state index in [-0.39, 0.29) is 11.8 Å². The number of hydrogen-bond acceptors (Lipinski definition) is 4. The van der Waals surface area contributed by atoms with Crippen LogP contribution >= 0.6 is 11.3 Å². The molecule has 2 fully saturated rings. The molecule has 26 heavy (non-hydrogen) atoms. The summed E-state index contributed by atoms with van der Waals surface area (Å²) in [6, 6.07) is 4.78. The molecule has 1 amide bonds. The van der Waals surface area contributed by atoms with Crippen molar-refractivity contribution < 1.29 is 4.79 Å². The summed E-state index contributed by atoms with van der Waals surface area (Å²) in [6.07, 6.45) is 6.48. The van der Waals surface area contributed by atoms with Gasteiger partial charge < -0.3 is 20.9 Å². The van der Waals surface area contributed by atoms with Crippen molar-refractivity contribution in [3.05, 3.63) is 17.5 Å². The number of nitrogens with one attached hydrogen (secondary N) is 3. The maximum Gasteiger partial charge on any atom is 0.223 e. The monoisotopic (exact) mass is 377 g/mol. The quantitative estimate of drug-likeness (QED) is 0.387. The van der Waals surface area contributed by atoms with Gasteiger partial charge in [0.1, 0.15) is 0 Å². The standard InChI is InChI=1S/C19H31N5OS/c1-20-19(22-11-4-10-21-18(25)15-5-2-6-15)23-16-8-12-24(13-9-16)17-7-3-14-26-17/h3,7,14-16H,2,4-6,8-13H2,1H3,(H,21,25)(H2,20,22,23). The van der Waals surface area contributed by atoms with E-state index in [1.807, 2.05) is 18.4 Å². The Bertz CT molecular complexity index is 577. The van der Waals surface area contributed by atoms with Gasteiger partial charge in [-0.15, -0.1) is 11.3 Å². The molecule has 0 atom stereocenters. The lowest BCUT2D eigenvalue weighted by molar-refractivity contribution is -0.127. The Balaban J connectivity index is 1.28. The molecule has 2 aliphatic rings. The van der Waals surface area contributed by atoms with Crippen LogP contribution in [0.25, 0.3) is 0 Å². The summed E-state index contributed by atoms with van der Waals surface area (Å²) in [4.78, 5) is 18.6. The Morgan fingerprint density at radius 2 is 2.00 bits per heavy atom. The highest BCUT2D eigenvalue weighted by Gasteiger charge is 2.24. The SMILES string of the molecule is CN=C(NCCCNC(=O)C1CCC1)NC1CCN(c2cccs2)CC1. The molecule has 1 aromatic rings. The number of carbonyl (C=O) groups is 1. The minimum atomic E-state index is 0.233. The molecule has 144 valence electrons. The maximum atomic E-state index is 11.8. The van der Waals surface area contributed by atoms with Crippen LogP contribution < -0.4 is 20.9 Å². The fraction of sp³-hybridized carbons (Fsp3) is 0.684. The van der Waals surface area contributed by atoms with Crippen LogP contribution in [0.4, 0.5) is 5.00 Å². The summed E-state index contributed by atoms with van der Waals surface area (Å²) < 4.78 is 0. The molecule has 1 aromatic heterocycles. The van der Waals surface area contributed by atoms with E-state index in [0.717, 1.165) is 64.2 Å². The second-order valence-corrected chi connectivity index (χ2v) is 8.05. The maximum absolute atomic E-state index is 11.8. The number of nitrogens with zero attached hydrogens (tertiary/aromatic N) is 2. The van der Waals surface area contributed by atoms with Crippen LogP contribution in [0.2, 0.25) is 0 Å². The molecule has 1 aliphatic heterocycles. The Morgan fingerprint density at radius 3 is 2.62 bits per heavy atom. The molecule has 3 rings (SSSR count). The predicted octanol–water partition coefficient (Wildman–Crippen LogP) is 2.19. The van der Waals surface area contributed by atoms with Crippen molar-refractivity contribution in [2.45, 2.75) is 44.6 Å². The summed E-state index contributed by atoms with van der Waals surface area (Å²) >= 11 is 1.81. The van der Waals surface area contributed by atoms with Gasteiger partial charge in [-0.2, -0.15) is 0 Å². The highest BCUT2D eigenvalue weighted by molar-refractivity contribution is 7.14. The summed E-state index contributed by atoms with van der Waals surface area (Å²) in [6.45, 7) is 3.72. The minimum Gasteiger partial charge on any atom is -0.363 e. The number of thiophene rings is 1. The van der Waals surface area contributed by atoms with E-state index in [2.05, 4.69) is 43.4 Å². The Kier molecular flexibility index (Phi) is 7.17. The third kappa shape index (κ3) is 5.37. The first-order chi connectivity index (χ1) is 12.8. The van der Waals surface area contributed by atoms with E-state index in [9.17, 15) is 4.79 Å². The second kappa shape index (κ2) is 9.80. The third-order valence-electron chi connectivity index (χ3n) is 5.30. The first kappa shape index (κ1) is 19.0. The van der Waals surface area contributed by atoms with Crippen LogP contribution in [-0.2, 0) is 4.79 Å². The Morgan fingerprint density at radius 1 is 1.23 bits per heavy atom. The summed E-state index contributed by atoms with van der Waals surface area (Å²) in [5.74, 6) is 1.37. The van der Waals surface area contributed by atoms with Crippen molar-refractivity contribution in [2.24, 2.45) is 10.9 Å². The molecule has 0 aromatic carbocycles. The summed E-state index contributed by atoms with van der Waals surface area (Å²) in [5, 5.41) is 13.4. The zero-order chi connectivity index (χ0) is 18.2. The van der Waals surface area contributed by atoms with Gasteiger partial charge in [0.2, 0.25) is 5.91 Å². The highest BCUT2D eigenvalue weighted by Crippen LogP contribution is 2.26. The van der Waals surface area contributed by atoms with Crippen LogP contribution in [0, 0.1) is 5.92 Å². The van der Waals surface area contributed by atoms with Gasteiger partial charge in [-0.1, -0.05) is 6.42 Å². The van der Waals surface area contributed by atoms with E-state index in [1.165, 1.54) is 11.4 Å². The molecule has 0 unspecified atom stereocenters. The molecule has 0 spiro atoms. The van der Waals surface area contributed by atoms with Gasteiger partial charge in [-0.25, -0.2) is 0 Å². The minimum absolute atomic E-state index is 0.233. The smallest absolute Gasteiger partial charge is 0.223 e. The van der Waals surface area contributed by atoms with E-state index in [0.29, 0.717) is 6.04 Å².